The van der Waals surface area contributed by atoms with Gasteiger partial charge in [0.15, 0.2) is 0 Å². The molecule has 2 aromatic carbocycles. The van der Waals surface area contributed by atoms with Crippen molar-refractivity contribution in [1.82, 2.24) is 0 Å². The normalized spacial score (nSPS) is 13.2. The maximum absolute atomic E-state index is 13.4. The summed E-state index contributed by atoms with van der Waals surface area (Å²) in [4.78, 5) is 11.3. The minimum atomic E-state index is -1.26. The van der Waals surface area contributed by atoms with Crippen LogP contribution in [-0.2, 0) is 4.79 Å². The number of rotatable bonds is 5. The summed E-state index contributed by atoms with van der Waals surface area (Å²) >= 11 is 0. The Morgan fingerprint density at radius 2 is 1.81 bits per heavy atom. The zero-order valence-corrected chi connectivity index (χ0v) is 12.9. The second-order valence-electron chi connectivity index (χ2n) is 5.93. The van der Waals surface area contributed by atoms with E-state index in [0.717, 1.165) is 22.1 Å². The molecule has 1 atom stereocenters. The standard InChI is InChI=1S/C18H21FO2/c1-5-16(18(2,3)17(19)20)14-7-6-13-11-15(21-4)9-8-12(13)10-14/h6-11,16H,5H2,1-4H3/t16-/m1/s1. The van der Waals surface area contributed by atoms with Crippen LogP contribution in [0.25, 0.3) is 10.8 Å². The van der Waals surface area contributed by atoms with E-state index < -0.39 is 11.5 Å². The average molecular weight is 288 g/mol. The summed E-state index contributed by atoms with van der Waals surface area (Å²) in [5.41, 5.74) is -0.0132. The van der Waals surface area contributed by atoms with Gasteiger partial charge in [-0.2, -0.15) is 4.39 Å². The molecule has 112 valence electrons. The summed E-state index contributed by atoms with van der Waals surface area (Å²) < 4.78 is 18.6. The summed E-state index contributed by atoms with van der Waals surface area (Å²) in [7, 11) is 1.64. The number of ether oxygens (including phenoxy) is 1. The van der Waals surface area contributed by atoms with Crippen LogP contribution in [0.2, 0.25) is 0 Å². The quantitative estimate of drug-likeness (QED) is 0.734. The van der Waals surface area contributed by atoms with Gasteiger partial charge in [-0.05, 0) is 54.7 Å². The fraction of sp³-hybridized carbons (Fsp3) is 0.389. The molecule has 0 saturated heterocycles. The van der Waals surface area contributed by atoms with Crippen LogP contribution < -0.4 is 4.74 Å². The Morgan fingerprint density at radius 1 is 1.19 bits per heavy atom. The van der Waals surface area contributed by atoms with Crippen molar-refractivity contribution in [2.75, 3.05) is 7.11 Å². The first kappa shape index (κ1) is 15.5. The topological polar surface area (TPSA) is 26.3 Å². The summed E-state index contributed by atoms with van der Waals surface area (Å²) in [6.07, 6.45) is 0.713. The molecule has 2 rings (SSSR count). The number of methoxy groups -OCH3 is 1. The first-order valence-electron chi connectivity index (χ1n) is 7.17. The van der Waals surface area contributed by atoms with E-state index in [1.807, 2.05) is 43.3 Å². The Morgan fingerprint density at radius 3 is 2.38 bits per heavy atom. The second-order valence-corrected chi connectivity index (χ2v) is 5.93. The van der Waals surface area contributed by atoms with Crippen LogP contribution in [0.5, 0.6) is 5.75 Å². The zero-order chi connectivity index (χ0) is 15.6. The molecule has 0 aliphatic carbocycles. The molecule has 0 N–H and O–H groups in total. The fourth-order valence-electron chi connectivity index (χ4n) is 2.89. The number of halogens is 1. The molecular formula is C18H21FO2. The highest BCUT2D eigenvalue weighted by molar-refractivity contribution is 5.85. The first-order chi connectivity index (χ1) is 9.90. The molecule has 0 heterocycles. The molecular weight excluding hydrogens is 267 g/mol. The molecule has 0 saturated carbocycles. The lowest BCUT2D eigenvalue weighted by molar-refractivity contribution is -0.139. The number of benzene rings is 2. The fourth-order valence-corrected chi connectivity index (χ4v) is 2.89. The van der Waals surface area contributed by atoms with Crippen molar-refractivity contribution in [2.24, 2.45) is 5.41 Å². The molecule has 0 aliphatic rings. The van der Waals surface area contributed by atoms with Crippen LogP contribution in [0.3, 0.4) is 0 Å². The molecule has 0 unspecified atom stereocenters. The van der Waals surface area contributed by atoms with Crippen molar-refractivity contribution >= 4 is 16.8 Å². The van der Waals surface area contributed by atoms with Crippen molar-refractivity contribution < 1.29 is 13.9 Å². The number of hydrogen-bond acceptors (Lipinski definition) is 2. The smallest absolute Gasteiger partial charge is 0.307 e. The number of hydrogen-bond donors (Lipinski definition) is 0. The first-order valence-corrected chi connectivity index (χ1v) is 7.17. The molecule has 0 bridgehead atoms. The Hall–Kier alpha value is -1.90. The van der Waals surface area contributed by atoms with Crippen LogP contribution in [0.15, 0.2) is 36.4 Å². The van der Waals surface area contributed by atoms with Crippen LogP contribution in [0.4, 0.5) is 4.39 Å². The third kappa shape index (κ3) is 2.92. The van der Waals surface area contributed by atoms with Gasteiger partial charge in [-0.1, -0.05) is 31.2 Å². The molecule has 21 heavy (non-hydrogen) atoms. The minimum Gasteiger partial charge on any atom is -0.497 e. The second kappa shape index (κ2) is 5.84. The lowest BCUT2D eigenvalue weighted by Gasteiger charge is -2.29. The molecule has 0 spiro atoms. The Bertz CT molecular complexity index is 661. The third-order valence-electron chi connectivity index (χ3n) is 4.26. The van der Waals surface area contributed by atoms with Gasteiger partial charge in [0, 0.05) is 0 Å². The maximum atomic E-state index is 13.4. The molecule has 2 aromatic rings. The van der Waals surface area contributed by atoms with Crippen molar-refractivity contribution in [3.05, 3.63) is 42.0 Å². The van der Waals surface area contributed by atoms with Crippen LogP contribution in [0, 0.1) is 5.41 Å². The highest BCUT2D eigenvalue weighted by Gasteiger charge is 2.37. The Labute approximate surface area is 124 Å². The lowest BCUT2D eigenvalue weighted by atomic mass is 9.73. The van der Waals surface area contributed by atoms with Crippen molar-refractivity contribution in [3.63, 3.8) is 0 Å². The molecule has 0 radical (unpaired) electrons. The largest absolute Gasteiger partial charge is 0.497 e. The summed E-state index contributed by atoms with van der Waals surface area (Å²) in [6, 6.07) is 10.6. The van der Waals surface area contributed by atoms with Gasteiger partial charge in [-0.25, -0.2) is 0 Å². The number of fused-ring (bicyclic) bond motifs is 1. The predicted molar refractivity (Wildman–Crippen MR) is 83.4 cm³/mol. The Balaban J connectivity index is 2.48. The van der Waals surface area contributed by atoms with Crippen LogP contribution in [0.1, 0.15) is 38.7 Å². The maximum Gasteiger partial charge on any atom is 0.307 e. The van der Waals surface area contributed by atoms with E-state index in [1.54, 1.807) is 21.0 Å². The SMILES string of the molecule is CC[C@H](c1ccc2cc(OC)ccc2c1)C(C)(C)C(=O)F. The lowest BCUT2D eigenvalue weighted by Crippen LogP contribution is -2.28. The van der Waals surface area contributed by atoms with E-state index in [9.17, 15) is 9.18 Å². The Kier molecular flexibility index (Phi) is 4.31. The highest BCUT2D eigenvalue weighted by atomic mass is 19.1. The van der Waals surface area contributed by atoms with Crippen LogP contribution in [-0.4, -0.2) is 13.1 Å². The monoisotopic (exact) mass is 288 g/mol. The van der Waals surface area contributed by atoms with Gasteiger partial charge in [-0.3, -0.25) is 4.79 Å². The number of carbonyl (C=O) groups is 1. The zero-order valence-electron chi connectivity index (χ0n) is 12.9. The van der Waals surface area contributed by atoms with E-state index in [-0.39, 0.29) is 5.92 Å². The molecule has 0 aromatic heterocycles. The summed E-state index contributed by atoms with van der Waals surface area (Å²) in [5.74, 6) is 0.669. The van der Waals surface area contributed by atoms with Gasteiger partial charge in [0.05, 0.1) is 12.5 Å². The van der Waals surface area contributed by atoms with Crippen molar-refractivity contribution in [3.8, 4) is 5.75 Å². The molecule has 2 nitrogen and oxygen atoms in total. The minimum absolute atomic E-state index is 0.137. The third-order valence-corrected chi connectivity index (χ3v) is 4.26. The number of carbonyl (C=O) groups excluding carboxylic acids is 1. The van der Waals surface area contributed by atoms with E-state index >= 15 is 0 Å². The van der Waals surface area contributed by atoms with Gasteiger partial charge in [0.1, 0.15) is 5.75 Å². The van der Waals surface area contributed by atoms with Gasteiger partial charge < -0.3 is 4.74 Å². The summed E-state index contributed by atoms with van der Waals surface area (Å²) in [5, 5.41) is 2.13. The molecule has 0 fully saturated rings. The molecule has 3 heteroatoms. The van der Waals surface area contributed by atoms with E-state index in [0.29, 0.717) is 6.42 Å². The predicted octanol–water partition coefficient (Wildman–Crippen LogP) is 4.86. The van der Waals surface area contributed by atoms with Gasteiger partial charge in [-0.15, -0.1) is 0 Å². The van der Waals surface area contributed by atoms with Gasteiger partial charge in [0.25, 0.3) is 0 Å². The van der Waals surface area contributed by atoms with Crippen LogP contribution >= 0.6 is 0 Å². The van der Waals surface area contributed by atoms with Crippen molar-refractivity contribution in [2.45, 2.75) is 33.1 Å². The van der Waals surface area contributed by atoms with Gasteiger partial charge >= 0.3 is 6.04 Å². The van der Waals surface area contributed by atoms with E-state index in [1.165, 1.54) is 0 Å². The van der Waals surface area contributed by atoms with Crippen molar-refractivity contribution in [1.29, 1.82) is 0 Å². The van der Waals surface area contributed by atoms with E-state index in [4.69, 9.17) is 4.74 Å². The highest BCUT2D eigenvalue weighted by Crippen LogP contribution is 2.40. The molecule has 0 amide bonds. The average Bonchev–Trinajstić information content (AvgIpc) is 2.47. The summed E-state index contributed by atoms with van der Waals surface area (Å²) in [6.45, 7) is 5.32. The van der Waals surface area contributed by atoms with Gasteiger partial charge in [0.2, 0.25) is 0 Å². The van der Waals surface area contributed by atoms with E-state index in [2.05, 4.69) is 0 Å². The molecule has 0 aliphatic heterocycles.